The van der Waals surface area contributed by atoms with E-state index in [4.69, 9.17) is 0 Å². The summed E-state index contributed by atoms with van der Waals surface area (Å²) < 4.78 is 1.74. The molecule has 0 radical (unpaired) electrons. The van der Waals surface area contributed by atoms with Crippen molar-refractivity contribution in [3.05, 3.63) is 42.5 Å². The van der Waals surface area contributed by atoms with Gasteiger partial charge in [-0.25, -0.2) is 9.67 Å². The summed E-state index contributed by atoms with van der Waals surface area (Å²) in [5, 5.41) is 10.2. The molecule has 2 N–H and O–H groups in total. The normalized spacial score (nSPS) is 11.4. The van der Waals surface area contributed by atoms with Crippen LogP contribution in [0.4, 0.5) is 5.69 Å². The van der Waals surface area contributed by atoms with Crippen LogP contribution in [0.1, 0.15) is 26.3 Å². The second-order valence-electron chi connectivity index (χ2n) is 5.40. The fourth-order valence-electron chi connectivity index (χ4n) is 2.06. The number of aromatic nitrogens is 3. The first-order valence-electron chi connectivity index (χ1n) is 6.99. The number of likely N-dealkylation sites (N-methyl/N-ethyl adjacent to an activating group) is 1. The van der Waals surface area contributed by atoms with Gasteiger partial charge in [-0.3, -0.25) is 4.79 Å². The Bertz CT molecular complexity index is 592. The molecule has 0 unspecified atom stereocenters. The van der Waals surface area contributed by atoms with Gasteiger partial charge in [-0.1, -0.05) is 19.1 Å². The molecule has 0 aliphatic carbocycles. The Balaban J connectivity index is 2.06. The maximum Gasteiger partial charge on any atom is 0.244 e. The minimum absolute atomic E-state index is 0.0535. The predicted molar refractivity (Wildman–Crippen MR) is 82.0 cm³/mol. The van der Waals surface area contributed by atoms with Crippen LogP contribution in [0.25, 0.3) is 0 Å². The van der Waals surface area contributed by atoms with Gasteiger partial charge in [0.1, 0.15) is 12.7 Å². The van der Waals surface area contributed by atoms with Crippen LogP contribution in [-0.4, -0.2) is 32.8 Å². The SMILES string of the molecule is CCNC(C)(C)C(=O)Nc1cccc(Cn2cncn2)c1. The molecule has 0 bridgehead atoms. The van der Waals surface area contributed by atoms with Crippen LogP contribution in [0.2, 0.25) is 0 Å². The smallest absolute Gasteiger partial charge is 0.244 e. The molecular weight excluding hydrogens is 266 g/mol. The van der Waals surface area contributed by atoms with Crippen LogP contribution >= 0.6 is 0 Å². The van der Waals surface area contributed by atoms with E-state index in [0.717, 1.165) is 17.8 Å². The summed E-state index contributed by atoms with van der Waals surface area (Å²) in [7, 11) is 0. The second-order valence-corrected chi connectivity index (χ2v) is 5.40. The van der Waals surface area contributed by atoms with Gasteiger partial charge >= 0.3 is 0 Å². The van der Waals surface area contributed by atoms with E-state index in [1.54, 1.807) is 11.0 Å². The number of carbonyl (C=O) groups is 1. The molecule has 6 nitrogen and oxygen atoms in total. The molecule has 1 aromatic heterocycles. The lowest BCUT2D eigenvalue weighted by molar-refractivity contribution is -0.121. The average molecular weight is 287 g/mol. The number of carbonyl (C=O) groups excluding carboxylic acids is 1. The summed E-state index contributed by atoms with van der Waals surface area (Å²) in [6, 6.07) is 7.74. The molecule has 1 heterocycles. The maximum atomic E-state index is 12.3. The molecule has 6 heteroatoms. The Morgan fingerprint density at radius 1 is 1.38 bits per heavy atom. The molecule has 0 aliphatic rings. The zero-order valence-electron chi connectivity index (χ0n) is 12.6. The van der Waals surface area contributed by atoms with Crippen molar-refractivity contribution in [2.24, 2.45) is 0 Å². The van der Waals surface area contributed by atoms with Gasteiger partial charge in [0, 0.05) is 5.69 Å². The summed E-state index contributed by atoms with van der Waals surface area (Å²) in [5.74, 6) is -0.0535. The molecule has 1 amide bonds. The molecule has 1 aromatic carbocycles. The van der Waals surface area contributed by atoms with Crippen molar-refractivity contribution in [2.45, 2.75) is 32.9 Å². The van der Waals surface area contributed by atoms with Gasteiger partial charge in [-0.2, -0.15) is 5.10 Å². The number of anilines is 1. The summed E-state index contributed by atoms with van der Waals surface area (Å²) in [5.41, 5.74) is 1.24. The van der Waals surface area contributed by atoms with Crippen molar-refractivity contribution < 1.29 is 4.79 Å². The number of amides is 1. The van der Waals surface area contributed by atoms with Crippen LogP contribution in [0.15, 0.2) is 36.9 Å². The predicted octanol–water partition coefficient (Wildman–Crippen LogP) is 1.65. The van der Waals surface area contributed by atoms with Gasteiger partial charge in [0.05, 0.1) is 12.1 Å². The third kappa shape index (κ3) is 4.13. The first-order valence-corrected chi connectivity index (χ1v) is 6.99. The number of benzene rings is 1. The van der Waals surface area contributed by atoms with Crippen LogP contribution in [0.3, 0.4) is 0 Å². The molecule has 0 aliphatic heterocycles. The molecule has 0 saturated heterocycles. The Morgan fingerprint density at radius 3 is 2.86 bits per heavy atom. The Labute approximate surface area is 124 Å². The Morgan fingerprint density at radius 2 is 2.19 bits per heavy atom. The van der Waals surface area contributed by atoms with E-state index in [-0.39, 0.29) is 5.91 Å². The standard InChI is InChI=1S/C15H21N5O/c1-4-17-15(2,3)14(21)19-13-7-5-6-12(8-13)9-20-11-16-10-18-20/h5-8,10-11,17H,4,9H2,1-3H3,(H,19,21). The molecular formula is C15H21N5O. The molecule has 0 spiro atoms. The van der Waals surface area contributed by atoms with Crippen molar-refractivity contribution in [1.82, 2.24) is 20.1 Å². The van der Waals surface area contributed by atoms with E-state index >= 15 is 0 Å². The van der Waals surface area contributed by atoms with Crippen molar-refractivity contribution in [1.29, 1.82) is 0 Å². The average Bonchev–Trinajstić information content (AvgIpc) is 2.92. The number of nitrogens with zero attached hydrogens (tertiary/aromatic N) is 3. The lowest BCUT2D eigenvalue weighted by atomic mass is 10.0. The van der Waals surface area contributed by atoms with Crippen LogP contribution < -0.4 is 10.6 Å². The van der Waals surface area contributed by atoms with E-state index in [0.29, 0.717) is 6.54 Å². The van der Waals surface area contributed by atoms with Crippen LogP contribution in [0.5, 0.6) is 0 Å². The number of nitrogens with one attached hydrogen (secondary N) is 2. The summed E-state index contributed by atoms with van der Waals surface area (Å²) in [4.78, 5) is 16.2. The molecule has 2 aromatic rings. The lowest BCUT2D eigenvalue weighted by Gasteiger charge is -2.24. The third-order valence-electron chi connectivity index (χ3n) is 3.18. The van der Waals surface area contributed by atoms with Gasteiger partial charge in [-0.15, -0.1) is 0 Å². The van der Waals surface area contributed by atoms with E-state index in [1.165, 1.54) is 6.33 Å². The van der Waals surface area contributed by atoms with E-state index in [1.807, 2.05) is 45.0 Å². The zero-order chi connectivity index (χ0) is 15.3. The summed E-state index contributed by atoms with van der Waals surface area (Å²) in [6.07, 6.45) is 3.17. The van der Waals surface area contributed by atoms with Crippen molar-refractivity contribution in [2.75, 3.05) is 11.9 Å². The van der Waals surface area contributed by atoms with Crippen LogP contribution in [-0.2, 0) is 11.3 Å². The monoisotopic (exact) mass is 287 g/mol. The first kappa shape index (κ1) is 15.2. The fraction of sp³-hybridized carbons (Fsp3) is 0.400. The first-order chi connectivity index (χ1) is 10.0. The molecule has 112 valence electrons. The third-order valence-corrected chi connectivity index (χ3v) is 3.18. The minimum atomic E-state index is -0.601. The van der Waals surface area contributed by atoms with Gasteiger partial charge in [0.15, 0.2) is 0 Å². The fourth-order valence-corrected chi connectivity index (χ4v) is 2.06. The molecule has 0 atom stereocenters. The van der Waals surface area contributed by atoms with Gasteiger partial charge in [-0.05, 0) is 38.1 Å². The summed E-state index contributed by atoms with van der Waals surface area (Å²) >= 11 is 0. The van der Waals surface area contributed by atoms with Crippen molar-refractivity contribution in [3.63, 3.8) is 0 Å². The molecule has 0 fully saturated rings. The van der Waals surface area contributed by atoms with Crippen molar-refractivity contribution in [3.8, 4) is 0 Å². The Kier molecular flexibility index (Phi) is 4.70. The quantitative estimate of drug-likeness (QED) is 0.847. The minimum Gasteiger partial charge on any atom is -0.324 e. The lowest BCUT2D eigenvalue weighted by Crippen LogP contribution is -2.49. The number of hydrogen-bond acceptors (Lipinski definition) is 4. The van der Waals surface area contributed by atoms with E-state index in [9.17, 15) is 4.79 Å². The Hall–Kier alpha value is -2.21. The van der Waals surface area contributed by atoms with E-state index in [2.05, 4.69) is 20.7 Å². The summed E-state index contributed by atoms with van der Waals surface area (Å²) in [6.45, 7) is 7.08. The number of rotatable bonds is 6. The van der Waals surface area contributed by atoms with Crippen LogP contribution in [0, 0.1) is 0 Å². The molecule has 21 heavy (non-hydrogen) atoms. The second kappa shape index (κ2) is 6.49. The molecule has 2 rings (SSSR count). The van der Waals surface area contributed by atoms with Crippen molar-refractivity contribution >= 4 is 11.6 Å². The van der Waals surface area contributed by atoms with Gasteiger partial charge < -0.3 is 10.6 Å². The topological polar surface area (TPSA) is 71.8 Å². The highest BCUT2D eigenvalue weighted by atomic mass is 16.2. The zero-order valence-corrected chi connectivity index (χ0v) is 12.6. The largest absolute Gasteiger partial charge is 0.324 e. The highest BCUT2D eigenvalue weighted by Crippen LogP contribution is 2.14. The number of hydrogen-bond donors (Lipinski definition) is 2. The molecule has 0 saturated carbocycles. The maximum absolute atomic E-state index is 12.3. The van der Waals surface area contributed by atoms with Gasteiger partial charge in [0.2, 0.25) is 5.91 Å². The van der Waals surface area contributed by atoms with E-state index < -0.39 is 5.54 Å². The van der Waals surface area contributed by atoms with Gasteiger partial charge in [0.25, 0.3) is 0 Å². The highest BCUT2D eigenvalue weighted by Gasteiger charge is 2.26. The highest BCUT2D eigenvalue weighted by molar-refractivity contribution is 5.97.